The number of rotatable bonds is 3. The van der Waals surface area contributed by atoms with E-state index in [1.807, 2.05) is 0 Å². The van der Waals surface area contributed by atoms with Gasteiger partial charge in [-0.1, -0.05) is 34.1 Å². The Hall–Kier alpha value is -2.60. The van der Waals surface area contributed by atoms with Crippen LogP contribution >= 0.6 is 15.9 Å². The number of hydrogen-bond donors (Lipinski definition) is 1. The minimum absolute atomic E-state index is 0.311. The summed E-state index contributed by atoms with van der Waals surface area (Å²) in [5.41, 5.74) is 0.154. The van der Waals surface area contributed by atoms with Gasteiger partial charge in [-0.05, 0) is 24.3 Å². The third-order valence-electron chi connectivity index (χ3n) is 3.46. The highest BCUT2D eigenvalue weighted by Gasteiger charge is 2.23. The fraction of sp³-hybridized carbons (Fsp3) is 0.0588. The SMILES string of the molecule is COc1ccc(Br)cc1-c1c(C(=O)O)oc(=O)c2ccccc12. The third-order valence-corrected chi connectivity index (χ3v) is 3.96. The van der Waals surface area contributed by atoms with Crippen molar-refractivity contribution in [3.05, 3.63) is 63.1 Å². The van der Waals surface area contributed by atoms with Gasteiger partial charge < -0.3 is 14.3 Å². The maximum absolute atomic E-state index is 12.0. The van der Waals surface area contributed by atoms with Crippen molar-refractivity contribution in [2.75, 3.05) is 7.11 Å². The lowest BCUT2D eigenvalue weighted by atomic mass is 9.97. The molecule has 2 aromatic carbocycles. The standard InChI is InChI=1S/C17H11BrO5/c1-22-13-7-6-9(18)8-12(13)14-10-4-2-3-5-11(10)17(21)23-15(14)16(19)20/h2-8H,1H3,(H,19,20). The van der Waals surface area contributed by atoms with Gasteiger partial charge in [-0.25, -0.2) is 9.59 Å². The Bertz CT molecular complexity index is 974. The normalized spacial score (nSPS) is 10.7. The molecule has 0 aliphatic carbocycles. The number of halogens is 1. The van der Waals surface area contributed by atoms with E-state index in [1.54, 1.807) is 42.5 Å². The molecule has 0 bridgehead atoms. The molecule has 0 saturated heterocycles. The Morgan fingerprint density at radius 2 is 1.87 bits per heavy atom. The molecule has 0 aliphatic rings. The molecule has 1 N–H and O–H groups in total. The van der Waals surface area contributed by atoms with Gasteiger partial charge in [-0.2, -0.15) is 0 Å². The van der Waals surface area contributed by atoms with Gasteiger partial charge in [-0.3, -0.25) is 0 Å². The molecule has 0 fully saturated rings. The highest BCUT2D eigenvalue weighted by Crippen LogP contribution is 2.38. The molecule has 0 unspecified atom stereocenters. The molecule has 23 heavy (non-hydrogen) atoms. The van der Waals surface area contributed by atoms with Crippen LogP contribution in [0.2, 0.25) is 0 Å². The summed E-state index contributed by atoms with van der Waals surface area (Å²) in [6.07, 6.45) is 0. The molecule has 1 heterocycles. The lowest BCUT2D eigenvalue weighted by molar-refractivity contribution is 0.0659. The van der Waals surface area contributed by atoms with Gasteiger partial charge >= 0.3 is 11.6 Å². The van der Waals surface area contributed by atoms with E-state index in [0.717, 1.165) is 4.47 Å². The Morgan fingerprint density at radius 3 is 2.52 bits per heavy atom. The molecule has 3 aromatic rings. The van der Waals surface area contributed by atoms with E-state index < -0.39 is 17.4 Å². The van der Waals surface area contributed by atoms with Gasteiger partial charge in [0, 0.05) is 21.0 Å². The number of aromatic carboxylic acids is 1. The first-order chi connectivity index (χ1) is 11.0. The maximum Gasteiger partial charge on any atom is 0.372 e. The zero-order valence-electron chi connectivity index (χ0n) is 12.0. The van der Waals surface area contributed by atoms with Crippen LogP contribution in [0.15, 0.2) is 56.1 Å². The molecule has 0 amide bonds. The zero-order valence-corrected chi connectivity index (χ0v) is 13.6. The summed E-state index contributed by atoms with van der Waals surface area (Å²) in [7, 11) is 1.49. The molecule has 6 heteroatoms. The van der Waals surface area contributed by atoms with Gasteiger partial charge in [0.1, 0.15) is 5.75 Å². The molecule has 3 rings (SSSR count). The number of ether oxygens (including phenoxy) is 1. The minimum atomic E-state index is -1.31. The minimum Gasteiger partial charge on any atom is -0.496 e. The number of methoxy groups -OCH3 is 1. The molecule has 0 radical (unpaired) electrons. The van der Waals surface area contributed by atoms with Crippen LogP contribution in [0.1, 0.15) is 10.6 Å². The molecule has 0 spiro atoms. The van der Waals surface area contributed by atoms with Crippen LogP contribution in [0.25, 0.3) is 21.9 Å². The van der Waals surface area contributed by atoms with Crippen molar-refractivity contribution < 1.29 is 19.1 Å². The summed E-state index contributed by atoms with van der Waals surface area (Å²) in [4.78, 5) is 23.6. The van der Waals surface area contributed by atoms with Crippen LogP contribution in [-0.4, -0.2) is 18.2 Å². The first kappa shape index (κ1) is 15.3. The Morgan fingerprint density at radius 1 is 1.17 bits per heavy atom. The monoisotopic (exact) mass is 374 g/mol. The van der Waals surface area contributed by atoms with E-state index in [2.05, 4.69) is 15.9 Å². The predicted octanol–water partition coefficient (Wildman–Crippen LogP) is 3.93. The van der Waals surface area contributed by atoms with Crippen molar-refractivity contribution in [1.82, 2.24) is 0 Å². The smallest absolute Gasteiger partial charge is 0.372 e. The largest absolute Gasteiger partial charge is 0.496 e. The van der Waals surface area contributed by atoms with Crippen molar-refractivity contribution in [3.63, 3.8) is 0 Å². The van der Waals surface area contributed by atoms with Gasteiger partial charge in [-0.15, -0.1) is 0 Å². The zero-order chi connectivity index (χ0) is 16.6. The second kappa shape index (κ2) is 5.89. The molecule has 0 aliphatic heterocycles. The van der Waals surface area contributed by atoms with E-state index in [1.165, 1.54) is 7.11 Å². The van der Waals surface area contributed by atoms with E-state index >= 15 is 0 Å². The number of hydrogen-bond acceptors (Lipinski definition) is 4. The van der Waals surface area contributed by atoms with Crippen molar-refractivity contribution in [2.24, 2.45) is 0 Å². The van der Waals surface area contributed by atoms with Crippen LogP contribution < -0.4 is 10.4 Å². The van der Waals surface area contributed by atoms with Crippen molar-refractivity contribution in [1.29, 1.82) is 0 Å². The number of fused-ring (bicyclic) bond motifs is 1. The van der Waals surface area contributed by atoms with E-state index in [9.17, 15) is 14.7 Å². The molecule has 0 saturated carbocycles. The van der Waals surface area contributed by atoms with Gasteiger partial charge in [0.2, 0.25) is 5.76 Å². The van der Waals surface area contributed by atoms with Crippen molar-refractivity contribution >= 4 is 32.7 Å². The fourth-order valence-electron chi connectivity index (χ4n) is 2.49. The highest BCUT2D eigenvalue weighted by atomic mass is 79.9. The molecule has 5 nitrogen and oxygen atoms in total. The predicted molar refractivity (Wildman–Crippen MR) is 89.1 cm³/mol. The molecular formula is C17H11BrO5. The van der Waals surface area contributed by atoms with Crippen LogP contribution in [0, 0.1) is 0 Å². The summed E-state index contributed by atoms with van der Waals surface area (Å²) in [6, 6.07) is 11.9. The van der Waals surface area contributed by atoms with E-state index in [0.29, 0.717) is 27.6 Å². The van der Waals surface area contributed by atoms with Gasteiger partial charge in [0.15, 0.2) is 0 Å². The quantitative estimate of drug-likeness (QED) is 0.751. The summed E-state index contributed by atoms with van der Waals surface area (Å²) >= 11 is 3.37. The Kier molecular flexibility index (Phi) is 3.92. The van der Waals surface area contributed by atoms with Crippen LogP contribution in [0.5, 0.6) is 5.75 Å². The fourth-order valence-corrected chi connectivity index (χ4v) is 2.85. The Labute approximate surface area is 139 Å². The van der Waals surface area contributed by atoms with Crippen molar-refractivity contribution in [2.45, 2.75) is 0 Å². The number of carbonyl (C=O) groups is 1. The molecule has 0 atom stereocenters. The average molecular weight is 375 g/mol. The second-order valence-corrected chi connectivity index (χ2v) is 5.70. The molecule has 116 valence electrons. The summed E-state index contributed by atoms with van der Waals surface area (Å²) in [5.74, 6) is -1.25. The highest BCUT2D eigenvalue weighted by molar-refractivity contribution is 9.10. The second-order valence-electron chi connectivity index (χ2n) is 4.79. The number of carboxylic acid groups (broad SMARTS) is 1. The van der Waals surface area contributed by atoms with Gasteiger partial charge in [0.25, 0.3) is 0 Å². The van der Waals surface area contributed by atoms with Gasteiger partial charge in [0.05, 0.1) is 12.5 Å². The van der Waals surface area contributed by atoms with Crippen LogP contribution in [-0.2, 0) is 0 Å². The van der Waals surface area contributed by atoms with E-state index in [-0.39, 0.29) is 0 Å². The average Bonchev–Trinajstić information content (AvgIpc) is 2.54. The van der Waals surface area contributed by atoms with E-state index in [4.69, 9.17) is 9.15 Å². The van der Waals surface area contributed by atoms with Crippen molar-refractivity contribution in [3.8, 4) is 16.9 Å². The van der Waals surface area contributed by atoms with Crippen LogP contribution in [0.3, 0.4) is 0 Å². The third kappa shape index (κ3) is 2.61. The topological polar surface area (TPSA) is 76.7 Å². The number of benzene rings is 2. The summed E-state index contributed by atoms with van der Waals surface area (Å²) < 4.78 is 11.1. The summed E-state index contributed by atoms with van der Waals surface area (Å²) in [6.45, 7) is 0. The Balaban J connectivity index is 2.52. The summed E-state index contributed by atoms with van der Waals surface area (Å²) in [5, 5.41) is 10.3. The maximum atomic E-state index is 12.0. The first-order valence-electron chi connectivity index (χ1n) is 6.66. The first-order valence-corrected chi connectivity index (χ1v) is 7.45. The number of carboxylic acids is 1. The lowest BCUT2D eigenvalue weighted by Crippen LogP contribution is -2.09. The van der Waals surface area contributed by atoms with Crippen LogP contribution in [0.4, 0.5) is 0 Å². The molecular weight excluding hydrogens is 364 g/mol. The lowest BCUT2D eigenvalue weighted by Gasteiger charge is -2.13. The molecule has 1 aromatic heterocycles.